The summed E-state index contributed by atoms with van der Waals surface area (Å²) in [5, 5.41) is 0.0771. The van der Waals surface area contributed by atoms with E-state index in [1.165, 1.54) is 10.6 Å². The Morgan fingerprint density at radius 3 is 2.33 bits per heavy atom. The zero-order valence-electron chi connectivity index (χ0n) is 13.3. The predicted molar refractivity (Wildman–Crippen MR) is 93.1 cm³/mol. The van der Waals surface area contributed by atoms with Gasteiger partial charge in [-0.1, -0.05) is 24.3 Å². The van der Waals surface area contributed by atoms with Gasteiger partial charge >= 0.3 is 0 Å². The maximum Gasteiger partial charge on any atom is 0.267 e. The van der Waals surface area contributed by atoms with E-state index in [-0.39, 0.29) is 10.3 Å². The van der Waals surface area contributed by atoms with Crippen LogP contribution in [0.1, 0.15) is 18.8 Å². The fourth-order valence-corrected chi connectivity index (χ4v) is 3.55. The van der Waals surface area contributed by atoms with Crippen LogP contribution in [0.15, 0.2) is 58.2 Å². The minimum absolute atomic E-state index is 0.0293. The number of aromatic nitrogens is 2. The molecule has 0 amide bonds. The standard InChI is InChI=1S/C17H17N3O3S/c1-11(18)16-19-13-9-6-10-14(24(2,22)23)15(13)17(21)20(16)12-7-4-3-5-8-12/h3-11H,18H2,1-2H3/t11-/m0/s1. The van der Waals surface area contributed by atoms with E-state index in [4.69, 9.17) is 5.73 Å². The van der Waals surface area contributed by atoms with Gasteiger partial charge in [0, 0.05) is 6.26 Å². The molecule has 0 aliphatic rings. The van der Waals surface area contributed by atoms with E-state index in [1.54, 1.807) is 43.3 Å². The molecule has 6 nitrogen and oxygen atoms in total. The Hall–Kier alpha value is -2.51. The zero-order chi connectivity index (χ0) is 17.5. The molecule has 0 saturated heterocycles. The number of hydrogen-bond donors (Lipinski definition) is 1. The molecule has 24 heavy (non-hydrogen) atoms. The van der Waals surface area contributed by atoms with Crippen molar-refractivity contribution < 1.29 is 8.42 Å². The van der Waals surface area contributed by atoms with Crippen molar-refractivity contribution in [1.82, 2.24) is 9.55 Å². The summed E-state index contributed by atoms with van der Waals surface area (Å²) in [5.74, 6) is 0.379. The van der Waals surface area contributed by atoms with Crippen molar-refractivity contribution in [2.45, 2.75) is 17.9 Å². The highest BCUT2D eigenvalue weighted by Crippen LogP contribution is 2.22. The first-order valence-corrected chi connectivity index (χ1v) is 9.26. The average Bonchev–Trinajstić information content (AvgIpc) is 2.54. The summed E-state index contributed by atoms with van der Waals surface area (Å²) in [6.07, 6.45) is 1.08. The molecule has 0 bridgehead atoms. The smallest absolute Gasteiger partial charge is 0.267 e. The van der Waals surface area contributed by atoms with Crippen molar-refractivity contribution in [2.75, 3.05) is 6.26 Å². The maximum atomic E-state index is 13.1. The molecule has 0 unspecified atom stereocenters. The first-order valence-electron chi connectivity index (χ1n) is 7.37. The van der Waals surface area contributed by atoms with Crippen molar-refractivity contribution in [2.24, 2.45) is 5.73 Å². The molecule has 0 fully saturated rings. The van der Waals surface area contributed by atoms with Gasteiger partial charge in [0.05, 0.1) is 27.5 Å². The van der Waals surface area contributed by atoms with Gasteiger partial charge in [-0.15, -0.1) is 0 Å². The van der Waals surface area contributed by atoms with Gasteiger partial charge in [0.2, 0.25) is 0 Å². The van der Waals surface area contributed by atoms with Crippen LogP contribution in [0.3, 0.4) is 0 Å². The Bertz CT molecular complexity index is 1070. The molecule has 1 aromatic heterocycles. The number of hydrogen-bond acceptors (Lipinski definition) is 5. The van der Waals surface area contributed by atoms with Crippen LogP contribution in [0, 0.1) is 0 Å². The highest BCUT2D eigenvalue weighted by molar-refractivity contribution is 7.91. The molecular formula is C17H17N3O3S. The fourth-order valence-electron chi connectivity index (χ4n) is 2.66. The van der Waals surface area contributed by atoms with Crippen LogP contribution in [0.4, 0.5) is 0 Å². The third-order valence-electron chi connectivity index (χ3n) is 3.71. The van der Waals surface area contributed by atoms with Crippen LogP contribution in [0.25, 0.3) is 16.6 Å². The summed E-state index contributed by atoms with van der Waals surface area (Å²) in [6.45, 7) is 1.73. The van der Waals surface area contributed by atoms with E-state index in [0.717, 1.165) is 6.26 Å². The average molecular weight is 343 g/mol. The number of nitrogens with zero attached hydrogens (tertiary/aromatic N) is 2. The van der Waals surface area contributed by atoms with Gasteiger partial charge in [0.15, 0.2) is 9.84 Å². The molecule has 3 aromatic rings. The minimum Gasteiger partial charge on any atom is -0.322 e. The molecular weight excluding hydrogens is 326 g/mol. The fraction of sp³-hybridized carbons (Fsp3) is 0.176. The van der Waals surface area contributed by atoms with Gasteiger partial charge in [0.1, 0.15) is 5.82 Å². The molecule has 124 valence electrons. The summed E-state index contributed by atoms with van der Waals surface area (Å²) in [5.41, 5.74) is 6.46. The lowest BCUT2D eigenvalue weighted by atomic mass is 10.2. The normalized spacial score (nSPS) is 13.1. The SMILES string of the molecule is C[C@H](N)c1nc2cccc(S(C)(=O)=O)c2c(=O)n1-c1ccccc1. The number of fused-ring (bicyclic) bond motifs is 1. The van der Waals surface area contributed by atoms with Crippen molar-refractivity contribution in [3.63, 3.8) is 0 Å². The number of sulfone groups is 1. The first kappa shape index (κ1) is 16.4. The van der Waals surface area contributed by atoms with Crippen molar-refractivity contribution >= 4 is 20.7 Å². The summed E-state index contributed by atoms with van der Waals surface area (Å²) in [4.78, 5) is 17.6. The van der Waals surface area contributed by atoms with E-state index in [9.17, 15) is 13.2 Å². The Balaban J connectivity index is 2.53. The van der Waals surface area contributed by atoms with Crippen LogP contribution >= 0.6 is 0 Å². The van der Waals surface area contributed by atoms with Gasteiger partial charge in [-0.25, -0.2) is 13.4 Å². The molecule has 2 N–H and O–H groups in total. The van der Waals surface area contributed by atoms with Crippen LogP contribution in [0.5, 0.6) is 0 Å². The van der Waals surface area contributed by atoms with E-state index in [0.29, 0.717) is 17.0 Å². The quantitative estimate of drug-likeness (QED) is 0.782. The van der Waals surface area contributed by atoms with Crippen molar-refractivity contribution in [3.05, 3.63) is 64.7 Å². The highest BCUT2D eigenvalue weighted by Gasteiger charge is 2.20. The second-order valence-corrected chi connectivity index (χ2v) is 7.64. The lowest BCUT2D eigenvalue weighted by molar-refractivity contribution is 0.602. The number of benzene rings is 2. The Labute approximate surface area is 139 Å². The van der Waals surface area contributed by atoms with E-state index in [2.05, 4.69) is 4.98 Å². The molecule has 0 radical (unpaired) electrons. The van der Waals surface area contributed by atoms with Crippen LogP contribution in [-0.2, 0) is 9.84 Å². The third-order valence-corrected chi connectivity index (χ3v) is 4.85. The lowest BCUT2D eigenvalue weighted by Crippen LogP contribution is -2.28. The number of nitrogens with two attached hydrogens (primary N) is 1. The third kappa shape index (κ3) is 2.72. The van der Waals surface area contributed by atoms with Crippen molar-refractivity contribution in [3.8, 4) is 5.69 Å². The molecule has 0 aliphatic carbocycles. The highest BCUT2D eigenvalue weighted by atomic mass is 32.2. The Morgan fingerprint density at radius 1 is 1.08 bits per heavy atom. The van der Waals surface area contributed by atoms with Gasteiger partial charge in [-0.05, 0) is 31.2 Å². The molecule has 1 atom stereocenters. The van der Waals surface area contributed by atoms with E-state index >= 15 is 0 Å². The minimum atomic E-state index is -3.57. The Morgan fingerprint density at radius 2 is 1.75 bits per heavy atom. The summed E-state index contributed by atoms with van der Waals surface area (Å²) < 4.78 is 25.5. The number of para-hydroxylation sites is 1. The number of rotatable bonds is 3. The van der Waals surface area contributed by atoms with Crippen LogP contribution < -0.4 is 11.3 Å². The van der Waals surface area contributed by atoms with Gasteiger partial charge in [0.25, 0.3) is 5.56 Å². The molecule has 7 heteroatoms. The van der Waals surface area contributed by atoms with Gasteiger partial charge in [-0.3, -0.25) is 9.36 Å². The lowest BCUT2D eigenvalue weighted by Gasteiger charge is -2.16. The largest absolute Gasteiger partial charge is 0.322 e. The summed E-state index contributed by atoms with van der Waals surface area (Å²) >= 11 is 0. The topological polar surface area (TPSA) is 95.1 Å². The molecule has 0 spiro atoms. The molecule has 0 saturated carbocycles. The van der Waals surface area contributed by atoms with Crippen LogP contribution in [-0.4, -0.2) is 24.2 Å². The maximum absolute atomic E-state index is 13.1. The van der Waals surface area contributed by atoms with Gasteiger partial charge in [-0.2, -0.15) is 0 Å². The molecule has 2 aromatic carbocycles. The first-order chi connectivity index (χ1) is 11.3. The second kappa shape index (κ2) is 5.85. The van der Waals surface area contributed by atoms with Crippen LogP contribution in [0.2, 0.25) is 0 Å². The summed E-state index contributed by atoms with van der Waals surface area (Å²) in [6, 6.07) is 13.0. The van der Waals surface area contributed by atoms with E-state index < -0.39 is 21.4 Å². The molecule has 0 aliphatic heterocycles. The molecule has 3 rings (SSSR count). The van der Waals surface area contributed by atoms with E-state index in [1.807, 2.05) is 6.07 Å². The monoisotopic (exact) mass is 343 g/mol. The predicted octanol–water partition coefficient (Wildman–Crippen LogP) is 1.81. The molecule has 1 heterocycles. The van der Waals surface area contributed by atoms with Crippen molar-refractivity contribution in [1.29, 1.82) is 0 Å². The Kier molecular flexibility index (Phi) is 3.98. The summed E-state index contributed by atoms with van der Waals surface area (Å²) in [7, 11) is -3.57. The zero-order valence-corrected chi connectivity index (χ0v) is 14.1. The van der Waals surface area contributed by atoms with Gasteiger partial charge < -0.3 is 5.73 Å². The second-order valence-electron chi connectivity index (χ2n) is 5.66.